The van der Waals surface area contributed by atoms with E-state index in [2.05, 4.69) is 11.9 Å². The Hall–Kier alpha value is -0.410. The van der Waals surface area contributed by atoms with Crippen LogP contribution in [-0.2, 0) is 9.53 Å². The van der Waals surface area contributed by atoms with Crippen LogP contribution in [0.4, 0.5) is 0 Å². The van der Waals surface area contributed by atoms with Crippen LogP contribution in [0.25, 0.3) is 0 Å². The van der Waals surface area contributed by atoms with Crippen molar-refractivity contribution in [3.8, 4) is 0 Å². The molecule has 0 aromatic rings. The van der Waals surface area contributed by atoms with Gasteiger partial charge in [0.2, 0.25) is 0 Å². The fourth-order valence-electron chi connectivity index (χ4n) is 3.06. The molecule has 0 N–H and O–H groups in total. The zero-order valence-electron chi connectivity index (χ0n) is 9.03. The number of rotatable bonds is 3. The Morgan fingerprint density at radius 3 is 2.79 bits per heavy atom. The van der Waals surface area contributed by atoms with Crippen molar-refractivity contribution in [2.75, 3.05) is 20.8 Å². The topological polar surface area (TPSA) is 29.5 Å². The quantitative estimate of drug-likeness (QED) is 0.678. The zero-order chi connectivity index (χ0) is 10.1. The van der Waals surface area contributed by atoms with Gasteiger partial charge in [0.25, 0.3) is 0 Å². The van der Waals surface area contributed by atoms with Gasteiger partial charge in [-0.1, -0.05) is 0 Å². The highest BCUT2D eigenvalue weighted by Crippen LogP contribution is 2.38. The largest absolute Gasteiger partial charge is 0.377 e. The van der Waals surface area contributed by atoms with E-state index in [0.717, 1.165) is 12.5 Å². The van der Waals surface area contributed by atoms with Gasteiger partial charge in [0.15, 0.2) is 5.78 Å². The standard InChI is InChI=1S/C11H19NO2/c1-12-8-3-5-9(10(12)6-4-8)11(13)7-14-2/h8-10H,3-7H2,1-2H3. The van der Waals surface area contributed by atoms with Crippen LogP contribution in [0.2, 0.25) is 0 Å². The smallest absolute Gasteiger partial charge is 0.163 e. The highest BCUT2D eigenvalue weighted by molar-refractivity contribution is 5.83. The predicted molar refractivity (Wildman–Crippen MR) is 54.2 cm³/mol. The molecule has 80 valence electrons. The fraction of sp³-hybridized carbons (Fsp3) is 0.909. The SMILES string of the molecule is COCC(=O)C1CCC2CCC1N2C. The van der Waals surface area contributed by atoms with Crippen molar-refractivity contribution < 1.29 is 9.53 Å². The molecule has 0 aromatic carbocycles. The summed E-state index contributed by atoms with van der Waals surface area (Å²) in [7, 11) is 3.76. The van der Waals surface area contributed by atoms with Gasteiger partial charge < -0.3 is 4.74 Å². The first-order chi connectivity index (χ1) is 6.74. The van der Waals surface area contributed by atoms with Crippen LogP contribution in [0, 0.1) is 5.92 Å². The van der Waals surface area contributed by atoms with Crippen LogP contribution in [0.1, 0.15) is 25.7 Å². The molecule has 0 radical (unpaired) electrons. The van der Waals surface area contributed by atoms with E-state index in [1.807, 2.05) is 0 Å². The lowest BCUT2D eigenvalue weighted by Crippen LogP contribution is -2.45. The van der Waals surface area contributed by atoms with E-state index in [9.17, 15) is 4.79 Å². The maximum absolute atomic E-state index is 11.8. The molecule has 3 nitrogen and oxygen atoms in total. The fourth-order valence-corrected chi connectivity index (χ4v) is 3.06. The number of piperidine rings is 1. The molecule has 3 unspecified atom stereocenters. The van der Waals surface area contributed by atoms with Crippen molar-refractivity contribution in [2.24, 2.45) is 5.92 Å². The minimum atomic E-state index is 0.235. The van der Waals surface area contributed by atoms with Crippen LogP contribution >= 0.6 is 0 Å². The van der Waals surface area contributed by atoms with E-state index < -0.39 is 0 Å². The number of methoxy groups -OCH3 is 1. The van der Waals surface area contributed by atoms with Gasteiger partial charge >= 0.3 is 0 Å². The normalized spacial score (nSPS) is 37.4. The van der Waals surface area contributed by atoms with Gasteiger partial charge in [-0.05, 0) is 32.7 Å². The molecule has 0 aliphatic carbocycles. The number of carbonyl (C=O) groups excluding carboxylic acids is 1. The molecule has 0 aromatic heterocycles. The lowest BCUT2D eigenvalue weighted by molar-refractivity contribution is -0.129. The number of ether oxygens (including phenoxy) is 1. The number of Topliss-reactive ketones (excluding diaryl/α,β-unsaturated/α-hetero) is 1. The van der Waals surface area contributed by atoms with Crippen molar-refractivity contribution in [2.45, 2.75) is 37.8 Å². The first-order valence-corrected chi connectivity index (χ1v) is 5.47. The number of hydrogen-bond acceptors (Lipinski definition) is 3. The Bertz CT molecular complexity index is 229. The van der Waals surface area contributed by atoms with E-state index in [0.29, 0.717) is 18.4 Å². The van der Waals surface area contributed by atoms with Gasteiger partial charge in [0.1, 0.15) is 6.61 Å². The summed E-state index contributed by atoms with van der Waals surface area (Å²) in [5, 5.41) is 0. The highest BCUT2D eigenvalue weighted by atomic mass is 16.5. The van der Waals surface area contributed by atoms with Crippen LogP contribution < -0.4 is 0 Å². The van der Waals surface area contributed by atoms with E-state index in [1.54, 1.807) is 7.11 Å². The van der Waals surface area contributed by atoms with Crippen LogP contribution in [0.3, 0.4) is 0 Å². The summed E-state index contributed by atoms with van der Waals surface area (Å²) in [5.41, 5.74) is 0. The third-order valence-electron chi connectivity index (χ3n) is 3.87. The number of ketones is 1. The maximum atomic E-state index is 11.8. The van der Waals surface area contributed by atoms with E-state index in [4.69, 9.17) is 4.74 Å². The molecule has 2 fully saturated rings. The Kier molecular flexibility index (Phi) is 2.88. The molecule has 3 atom stereocenters. The van der Waals surface area contributed by atoms with Crippen molar-refractivity contribution in [1.82, 2.24) is 4.90 Å². The van der Waals surface area contributed by atoms with Gasteiger partial charge in [0, 0.05) is 25.1 Å². The molecule has 2 bridgehead atoms. The molecule has 2 saturated heterocycles. The third-order valence-corrected chi connectivity index (χ3v) is 3.87. The molecular weight excluding hydrogens is 178 g/mol. The summed E-state index contributed by atoms with van der Waals surface area (Å²) in [5.74, 6) is 0.531. The van der Waals surface area contributed by atoms with Crippen molar-refractivity contribution in [3.63, 3.8) is 0 Å². The second-order valence-corrected chi connectivity index (χ2v) is 4.55. The van der Waals surface area contributed by atoms with Gasteiger partial charge in [-0.25, -0.2) is 0 Å². The highest BCUT2D eigenvalue weighted by Gasteiger charge is 2.42. The van der Waals surface area contributed by atoms with E-state index in [1.165, 1.54) is 19.3 Å². The molecule has 0 amide bonds. The van der Waals surface area contributed by atoms with E-state index in [-0.39, 0.29) is 5.92 Å². The molecule has 0 saturated carbocycles. The molecule has 3 heteroatoms. The number of fused-ring (bicyclic) bond motifs is 2. The monoisotopic (exact) mass is 197 g/mol. The Morgan fingerprint density at radius 1 is 1.36 bits per heavy atom. The van der Waals surface area contributed by atoms with Gasteiger partial charge in [-0.2, -0.15) is 0 Å². The number of carbonyl (C=O) groups is 1. The summed E-state index contributed by atoms with van der Waals surface area (Å²) in [4.78, 5) is 14.2. The van der Waals surface area contributed by atoms with Crippen LogP contribution in [0.15, 0.2) is 0 Å². The molecule has 0 spiro atoms. The molecular formula is C11H19NO2. The molecule has 2 rings (SSSR count). The molecule has 2 aliphatic rings. The third kappa shape index (κ3) is 1.59. The van der Waals surface area contributed by atoms with Gasteiger partial charge in [-0.3, -0.25) is 9.69 Å². The second-order valence-electron chi connectivity index (χ2n) is 4.55. The van der Waals surface area contributed by atoms with Crippen LogP contribution in [-0.4, -0.2) is 43.5 Å². The summed E-state index contributed by atoms with van der Waals surface area (Å²) >= 11 is 0. The second kappa shape index (κ2) is 3.99. The Labute approximate surface area is 85.4 Å². The van der Waals surface area contributed by atoms with Gasteiger partial charge in [0.05, 0.1) is 0 Å². The minimum absolute atomic E-state index is 0.235. The summed E-state index contributed by atoms with van der Waals surface area (Å²) in [6, 6.07) is 1.24. The lowest BCUT2D eigenvalue weighted by Gasteiger charge is -2.36. The van der Waals surface area contributed by atoms with Crippen molar-refractivity contribution >= 4 is 5.78 Å². The molecule has 2 heterocycles. The lowest BCUT2D eigenvalue weighted by atomic mass is 9.87. The number of hydrogen-bond donors (Lipinski definition) is 0. The molecule has 2 aliphatic heterocycles. The predicted octanol–water partition coefficient (Wildman–Crippen LogP) is 1.07. The maximum Gasteiger partial charge on any atom is 0.163 e. The minimum Gasteiger partial charge on any atom is -0.377 e. The van der Waals surface area contributed by atoms with Gasteiger partial charge in [-0.15, -0.1) is 0 Å². The van der Waals surface area contributed by atoms with Crippen molar-refractivity contribution in [1.29, 1.82) is 0 Å². The average Bonchev–Trinajstić information content (AvgIpc) is 2.42. The van der Waals surface area contributed by atoms with E-state index >= 15 is 0 Å². The summed E-state index contributed by atoms with van der Waals surface area (Å²) in [6.45, 7) is 0.291. The van der Waals surface area contributed by atoms with Crippen molar-refractivity contribution in [3.05, 3.63) is 0 Å². The summed E-state index contributed by atoms with van der Waals surface area (Å²) < 4.78 is 4.93. The molecule has 14 heavy (non-hydrogen) atoms. The van der Waals surface area contributed by atoms with Crippen LogP contribution in [0.5, 0.6) is 0 Å². The number of nitrogens with zero attached hydrogens (tertiary/aromatic N) is 1. The zero-order valence-corrected chi connectivity index (χ0v) is 9.03. The average molecular weight is 197 g/mol. The Morgan fingerprint density at radius 2 is 2.07 bits per heavy atom. The Balaban J connectivity index is 2.02. The first kappa shape index (κ1) is 10.1. The first-order valence-electron chi connectivity index (χ1n) is 5.47. The summed E-state index contributed by atoms with van der Waals surface area (Å²) in [6.07, 6.45) is 4.73.